The number of halogens is 1. The predicted molar refractivity (Wildman–Crippen MR) is 186 cm³/mol. The zero-order chi connectivity index (χ0) is 34.7. The summed E-state index contributed by atoms with van der Waals surface area (Å²) in [6.07, 6.45) is 6.23. The molecule has 0 aromatic carbocycles. The van der Waals surface area contributed by atoms with Gasteiger partial charge in [0.1, 0.15) is 17.8 Å². The fraction of sp³-hybridized carbons (Fsp3) is 0.812. The van der Waals surface area contributed by atoms with Gasteiger partial charge in [0.25, 0.3) is 0 Å². The van der Waals surface area contributed by atoms with Crippen LogP contribution in [0.15, 0.2) is 6.20 Å². The highest BCUT2D eigenvalue weighted by Crippen LogP contribution is 2.52. The third-order valence-electron chi connectivity index (χ3n) is 8.38. The van der Waals surface area contributed by atoms with Crippen LogP contribution in [0.2, 0.25) is 5.28 Å². The maximum Gasteiger partial charge on any atom is 0.416 e. The molecule has 1 saturated carbocycles. The Balaban J connectivity index is 1.40. The molecule has 4 heterocycles. The molecule has 0 radical (unpaired) electrons. The average molecular weight is 732 g/mol. The second-order valence-corrected chi connectivity index (χ2v) is 17.9. The van der Waals surface area contributed by atoms with Crippen LogP contribution in [-0.4, -0.2) is 86.0 Å². The molecule has 0 unspecified atom stereocenters. The third-order valence-corrected chi connectivity index (χ3v) is 12.3. The van der Waals surface area contributed by atoms with Gasteiger partial charge in [-0.05, 0) is 71.9 Å². The topological polar surface area (TPSA) is 136 Å². The van der Waals surface area contributed by atoms with Gasteiger partial charge < -0.3 is 28.0 Å². The second kappa shape index (κ2) is 15.8. The van der Waals surface area contributed by atoms with Crippen LogP contribution < -0.4 is 4.90 Å². The molecule has 1 amide bonds. The summed E-state index contributed by atoms with van der Waals surface area (Å²) in [5, 5.41) is 5.21. The monoisotopic (exact) mass is 731 g/mol. The molecule has 2 aromatic rings. The van der Waals surface area contributed by atoms with Gasteiger partial charge in [-0.2, -0.15) is 15.1 Å². The molecular formula is C32H51ClN5O8PS. The fourth-order valence-corrected chi connectivity index (χ4v) is 9.68. The van der Waals surface area contributed by atoms with E-state index in [1.54, 1.807) is 15.8 Å². The van der Waals surface area contributed by atoms with Gasteiger partial charge in [-0.15, -0.1) is 11.8 Å². The lowest BCUT2D eigenvalue weighted by molar-refractivity contribution is -0.195. The highest BCUT2D eigenvalue weighted by Gasteiger charge is 2.56. The molecule has 0 bridgehead atoms. The summed E-state index contributed by atoms with van der Waals surface area (Å²) in [5.41, 5.74) is -0.0946. The van der Waals surface area contributed by atoms with Gasteiger partial charge in [-0.3, -0.25) is 9.46 Å². The maximum atomic E-state index is 13.6. The number of amides is 1. The summed E-state index contributed by atoms with van der Waals surface area (Å²) >= 11 is 7.99. The molecule has 48 heavy (non-hydrogen) atoms. The normalized spacial score (nSPS) is 24.4. The van der Waals surface area contributed by atoms with E-state index in [2.05, 4.69) is 23.8 Å². The average Bonchev–Trinajstić information content (AvgIpc) is 3.78. The van der Waals surface area contributed by atoms with E-state index < -0.39 is 49.6 Å². The molecule has 2 aromatic heterocycles. The van der Waals surface area contributed by atoms with Crippen LogP contribution in [0.3, 0.4) is 0 Å². The van der Waals surface area contributed by atoms with Crippen molar-refractivity contribution in [1.29, 1.82) is 0 Å². The molecule has 16 heteroatoms. The van der Waals surface area contributed by atoms with E-state index >= 15 is 0 Å². The summed E-state index contributed by atoms with van der Waals surface area (Å²) in [6, 6.07) is -0.0915. The van der Waals surface area contributed by atoms with Crippen molar-refractivity contribution in [1.82, 2.24) is 19.7 Å². The first-order valence-electron chi connectivity index (χ1n) is 17.1. The van der Waals surface area contributed by atoms with Crippen LogP contribution in [0.1, 0.15) is 106 Å². The highest BCUT2D eigenvalue weighted by molar-refractivity contribution is 8.04. The molecule has 2 saturated heterocycles. The van der Waals surface area contributed by atoms with Crippen molar-refractivity contribution in [3.8, 4) is 0 Å². The van der Waals surface area contributed by atoms with Crippen LogP contribution in [-0.2, 0) is 32.6 Å². The van der Waals surface area contributed by atoms with E-state index in [1.807, 2.05) is 34.6 Å². The second-order valence-electron chi connectivity index (χ2n) is 14.0. The summed E-state index contributed by atoms with van der Waals surface area (Å²) in [4.78, 5) is 24.3. The van der Waals surface area contributed by atoms with Crippen LogP contribution in [0.25, 0.3) is 11.0 Å². The molecule has 13 nitrogen and oxygen atoms in total. The lowest BCUT2D eigenvalue weighted by Crippen LogP contribution is -2.43. The van der Waals surface area contributed by atoms with Gasteiger partial charge in [0.05, 0.1) is 36.4 Å². The number of carbonyl (C=O) groups is 1. The first-order valence-corrected chi connectivity index (χ1v) is 20.4. The minimum absolute atomic E-state index is 0.0294. The van der Waals surface area contributed by atoms with E-state index in [0.29, 0.717) is 35.8 Å². The maximum absolute atomic E-state index is 13.6. The Kier molecular flexibility index (Phi) is 12.4. The minimum Gasteiger partial charge on any atom is -0.443 e. The number of hydrogen-bond acceptors (Lipinski definition) is 12. The smallest absolute Gasteiger partial charge is 0.416 e. The Morgan fingerprint density at radius 2 is 1.75 bits per heavy atom. The van der Waals surface area contributed by atoms with Gasteiger partial charge in [0.2, 0.25) is 5.28 Å². The zero-order valence-electron chi connectivity index (χ0n) is 29.2. The van der Waals surface area contributed by atoms with Crippen molar-refractivity contribution in [3.63, 3.8) is 0 Å². The van der Waals surface area contributed by atoms with Gasteiger partial charge in [-0.1, -0.05) is 39.5 Å². The number of thioether (sulfide) groups is 1. The molecular weight excluding hydrogens is 681 g/mol. The number of anilines is 1. The number of carbonyl (C=O) groups excluding carboxylic acids is 1. The number of unbranched alkanes of at least 4 members (excludes halogenated alkanes) is 2. The number of rotatable bonds is 15. The van der Waals surface area contributed by atoms with Gasteiger partial charge in [0, 0.05) is 11.8 Å². The van der Waals surface area contributed by atoms with E-state index in [4.69, 9.17) is 44.7 Å². The lowest BCUT2D eigenvalue weighted by Gasteiger charge is -2.31. The van der Waals surface area contributed by atoms with Crippen LogP contribution in [0.5, 0.6) is 0 Å². The Hall–Kier alpha value is -1.51. The van der Waals surface area contributed by atoms with E-state index in [1.165, 1.54) is 11.8 Å². The summed E-state index contributed by atoms with van der Waals surface area (Å²) < 4.78 is 51.9. The first kappa shape index (κ1) is 37.7. The molecule has 5 rings (SSSR count). The lowest BCUT2D eigenvalue weighted by atomic mass is 10.1. The number of nitrogens with zero attached hydrogens (tertiary/aromatic N) is 5. The molecule has 4 atom stereocenters. The van der Waals surface area contributed by atoms with E-state index in [0.717, 1.165) is 51.4 Å². The Morgan fingerprint density at radius 3 is 2.38 bits per heavy atom. The molecule has 2 aliphatic heterocycles. The van der Waals surface area contributed by atoms with Gasteiger partial charge in [-0.25, -0.2) is 9.48 Å². The Labute approximate surface area is 292 Å². The molecule has 0 spiro atoms. The standard InChI is InChI=1S/C32H51ClN5O8PS/c1-8-10-16-41-47(40,42-17-11-9-2)20-48-19-23-24-25(45-32(6,7)44-24)28(43-23)38-27-22(18-34-38)26(35-29(33)36-27)37(21-14-12-13-15-21)30(39)46-31(3,4)5/h18,21,23-25,28H,8-17,19-20H2,1-7H3/t23-,24-,25-,28-/m1/s1. The van der Waals surface area contributed by atoms with Gasteiger partial charge >= 0.3 is 13.7 Å². The molecule has 3 aliphatic rings. The number of fused-ring (bicyclic) bond motifs is 2. The van der Waals surface area contributed by atoms with Gasteiger partial charge in [0.15, 0.2) is 23.5 Å². The molecule has 0 N–H and O–H groups in total. The fourth-order valence-electron chi connectivity index (χ4n) is 6.22. The van der Waals surface area contributed by atoms with Crippen molar-refractivity contribution in [2.45, 2.75) is 142 Å². The Bertz CT molecular complexity index is 1440. The predicted octanol–water partition coefficient (Wildman–Crippen LogP) is 8.10. The largest absolute Gasteiger partial charge is 0.443 e. The molecule has 3 fully saturated rings. The molecule has 270 valence electrons. The number of hydrogen-bond donors (Lipinski definition) is 0. The highest BCUT2D eigenvalue weighted by atomic mass is 35.5. The minimum atomic E-state index is -3.29. The van der Waals surface area contributed by atoms with Crippen LogP contribution in [0, 0.1) is 0 Å². The molecule has 1 aliphatic carbocycles. The summed E-state index contributed by atoms with van der Waals surface area (Å²) in [5.74, 6) is -0.0486. The van der Waals surface area contributed by atoms with Crippen molar-refractivity contribution < 1.29 is 37.4 Å². The van der Waals surface area contributed by atoms with Crippen LogP contribution >= 0.6 is 31.0 Å². The first-order chi connectivity index (χ1) is 22.7. The number of ether oxygens (including phenoxy) is 4. The zero-order valence-corrected chi connectivity index (χ0v) is 31.7. The van der Waals surface area contributed by atoms with Crippen molar-refractivity contribution in [2.75, 3.05) is 29.4 Å². The number of aromatic nitrogens is 4. The SMILES string of the molecule is CCCCOP(=O)(CSC[C@H]1O[C@@H](n2ncc3c(N(C(=O)OC(C)(C)C)C4CCCC4)nc(Cl)nc32)[C@@H]2OC(C)(C)O[C@@H]21)OCCCC. The van der Waals surface area contributed by atoms with E-state index in [9.17, 15) is 9.36 Å². The quantitative estimate of drug-likeness (QED) is 0.0994. The van der Waals surface area contributed by atoms with Crippen LogP contribution in [0.4, 0.5) is 10.6 Å². The third kappa shape index (κ3) is 9.04. The van der Waals surface area contributed by atoms with E-state index in [-0.39, 0.29) is 16.8 Å². The summed E-state index contributed by atoms with van der Waals surface area (Å²) in [7, 11) is -3.29. The van der Waals surface area contributed by atoms with Crippen molar-refractivity contribution in [2.24, 2.45) is 0 Å². The van der Waals surface area contributed by atoms with Crippen molar-refractivity contribution in [3.05, 3.63) is 11.5 Å². The summed E-state index contributed by atoms with van der Waals surface area (Å²) in [6.45, 7) is 14.1. The Morgan fingerprint density at radius 1 is 1.10 bits per heavy atom. The van der Waals surface area contributed by atoms with Crippen molar-refractivity contribution >= 4 is 53.9 Å².